The average molecular weight is 374 g/mol. The topological polar surface area (TPSA) is 18.5 Å². The SMILES string of the molecule is COc1ccc(Br)cc1.COc1ccc(Br)cc1. The number of benzene rings is 2. The van der Waals surface area contributed by atoms with Crippen molar-refractivity contribution < 1.29 is 9.47 Å². The Bertz CT molecular complexity index is 407. The van der Waals surface area contributed by atoms with Gasteiger partial charge in [0.25, 0.3) is 0 Å². The molecule has 0 bridgehead atoms. The Morgan fingerprint density at radius 1 is 0.611 bits per heavy atom. The molecule has 2 rings (SSSR count). The van der Waals surface area contributed by atoms with Crippen molar-refractivity contribution >= 4 is 31.9 Å². The van der Waals surface area contributed by atoms with E-state index < -0.39 is 0 Å². The van der Waals surface area contributed by atoms with E-state index in [2.05, 4.69) is 31.9 Å². The number of methoxy groups -OCH3 is 2. The Balaban J connectivity index is 0.000000180. The lowest BCUT2D eigenvalue weighted by Gasteiger charge is -1.96. The number of ether oxygens (including phenoxy) is 2. The van der Waals surface area contributed by atoms with Crippen LogP contribution < -0.4 is 9.47 Å². The molecule has 0 unspecified atom stereocenters. The second kappa shape index (κ2) is 8.16. The summed E-state index contributed by atoms with van der Waals surface area (Å²) in [7, 11) is 3.31. The van der Waals surface area contributed by atoms with E-state index in [-0.39, 0.29) is 0 Å². The molecule has 0 fully saturated rings. The van der Waals surface area contributed by atoms with Crippen LogP contribution in [-0.2, 0) is 0 Å². The second-order valence-electron chi connectivity index (χ2n) is 3.32. The number of hydrogen-bond acceptors (Lipinski definition) is 2. The van der Waals surface area contributed by atoms with Crippen molar-refractivity contribution in [3.8, 4) is 11.5 Å². The standard InChI is InChI=1S/2C7H7BrO/c2*1-9-7-4-2-6(8)3-5-7/h2*2-5H,1H3. The maximum atomic E-state index is 4.95. The monoisotopic (exact) mass is 372 g/mol. The fourth-order valence-electron chi connectivity index (χ4n) is 1.14. The second-order valence-corrected chi connectivity index (χ2v) is 5.15. The fourth-order valence-corrected chi connectivity index (χ4v) is 1.67. The van der Waals surface area contributed by atoms with Crippen LogP contribution in [0.15, 0.2) is 57.5 Å². The highest BCUT2D eigenvalue weighted by atomic mass is 79.9. The van der Waals surface area contributed by atoms with Gasteiger partial charge in [0.15, 0.2) is 0 Å². The van der Waals surface area contributed by atoms with E-state index >= 15 is 0 Å². The molecular formula is C14H14Br2O2. The molecule has 0 aliphatic heterocycles. The first-order chi connectivity index (χ1) is 8.65. The van der Waals surface area contributed by atoms with Crippen LogP contribution in [0.2, 0.25) is 0 Å². The molecule has 96 valence electrons. The van der Waals surface area contributed by atoms with E-state index in [1.807, 2.05) is 48.5 Å². The highest BCUT2D eigenvalue weighted by Crippen LogP contribution is 2.15. The van der Waals surface area contributed by atoms with Gasteiger partial charge in [-0.05, 0) is 48.5 Å². The summed E-state index contributed by atoms with van der Waals surface area (Å²) in [5.74, 6) is 1.77. The molecule has 2 aromatic carbocycles. The minimum absolute atomic E-state index is 0.887. The van der Waals surface area contributed by atoms with Gasteiger partial charge in [-0.1, -0.05) is 31.9 Å². The maximum Gasteiger partial charge on any atom is 0.118 e. The van der Waals surface area contributed by atoms with Crippen LogP contribution in [-0.4, -0.2) is 14.2 Å². The van der Waals surface area contributed by atoms with E-state index in [0.717, 1.165) is 20.4 Å². The molecule has 0 heterocycles. The molecule has 0 aliphatic carbocycles. The molecule has 0 spiro atoms. The molecular weight excluding hydrogens is 360 g/mol. The van der Waals surface area contributed by atoms with Crippen molar-refractivity contribution in [3.05, 3.63) is 57.5 Å². The summed E-state index contributed by atoms with van der Waals surface area (Å²) in [4.78, 5) is 0. The fraction of sp³-hybridized carbons (Fsp3) is 0.143. The zero-order valence-corrected chi connectivity index (χ0v) is 13.4. The summed E-state index contributed by atoms with van der Waals surface area (Å²) >= 11 is 6.64. The summed E-state index contributed by atoms with van der Waals surface area (Å²) in [5.41, 5.74) is 0. The van der Waals surface area contributed by atoms with Gasteiger partial charge in [0.1, 0.15) is 11.5 Å². The highest BCUT2D eigenvalue weighted by Gasteiger charge is 1.87. The van der Waals surface area contributed by atoms with Crippen molar-refractivity contribution in [1.29, 1.82) is 0 Å². The minimum Gasteiger partial charge on any atom is -0.497 e. The van der Waals surface area contributed by atoms with Crippen LogP contribution in [0, 0.1) is 0 Å². The number of halogens is 2. The zero-order valence-electron chi connectivity index (χ0n) is 10.2. The van der Waals surface area contributed by atoms with E-state index in [4.69, 9.17) is 9.47 Å². The van der Waals surface area contributed by atoms with Crippen molar-refractivity contribution in [1.82, 2.24) is 0 Å². The smallest absolute Gasteiger partial charge is 0.118 e. The molecule has 0 aliphatic rings. The van der Waals surface area contributed by atoms with Crippen LogP contribution in [0.5, 0.6) is 11.5 Å². The predicted molar refractivity (Wildman–Crippen MR) is 81.4 cm³/mol. The van der Waals surface area contributed by atoms with Crippen LogP contribution >= 0.6 is 31.9 Å². The number of rotatable bonds is 2. The molecule has 4 heteroatoms. The lowest BCUT2D eigenvalue weighted by molar-refractivity contribution is 0.414. The molecule has 0 N–H and O–H groups in total. The maximum absolute atomic E-state index is 4.95. The zero-order chi connectivity index (χ0) is 13.4. The lowest BCUT2D eigenvalue weighted by atomic mass is 10.3. The van der Waals surface area contributed by atoms with Crippen molar-refractivity contribution in [2.24, 2.45) is 0 Å². The normalized spacial score (nSPS) is 9.11. The molecule has 18 heavy (non-hydrogen) atoms. The molecule has 0 amide bonds. The van der Waals surface area contributed by atoms with Gasteiger partial charge in [0.2, 0.25) is 0 Å². The molecule has 0 atom stereocenters. The van der Waals surface area contributed by atoms with Crippen LogP contribution in [0.25, 0.3) is 0 Å². The van der Waals surface area contributed by atoms with Crippen LogP contribution in [0.1, 0.15) is 0 Å². The van der Waals surface area contributed by atoms with Gasteiger partial charge in [-0.3, -0.25) is 0 Å². The van der Waals surface area contributed by atoms with Crippen molar-refractivity contribution in [2.75, 3.05) is 14.2 Å². The van der Waals surface area contributed by atoms with Crippen LogP contribution in [0.3, 0.4) is 0 Å². The summed E-state index contributed by atoms with van der Waals surface area (Å²) in [6.45, 7) is 0. The Labute approximate surface area is 124 Å². The van der Waals surface area contributed by atoms with E-state index in [0.29, 0.717) is 0 Å². The van der Waals surface area contributed by atoms with Gasteiger partial charge in [-0.25, -0.2) is 0 Å². The highest BCUT2D eigenvalue weighted by molar-refractivity contribution is 9.10. The Morgan fingerprint density at radius 2 is 0.889 bits per heavy atom. The van der Waals surface area contributed by atoms with Crippen molar-refractivity contribution in [2.45, 2.75) is 0 Å². The van der Waals surface area contributed by atoms with E-state index in [9.17, 15) is 0 Å². The van der Waals surface area contributed by atoms with Gasteiger partial charge in [0.05, 0.1) is 14.2 Å². The molecule has 0 saturated heterocycles. The van der Waals surface area contributed by atoms with Crippen molar-refractivity contribution in [3.63, 3.8) is 0 Å². The third kappa shape index (κ3) is 5.56. The molecule has 0 aromatic heterocycles. The molecule has 0 saturated carbocycles. The molecule has 2 aromatic rings. The van der Waals surface area contributed by atoms with Gasteiger partial charge in [-0.15, -0.1) is 0 Å². The Morgan fingerprint density at radius 3 is 1.11 bits per heavy atom. The van der Waals surface area contributed by atoms with Gasteiger partial charge in [-0.2, -0.15) is 0 Å². The van der Waals surface area contributed by atoms with Gasteiger partial charge >= 0.3 is 0 Å². The number of hydrogen-bond donors (Lipinski definition) is 0. The van der Waals surface area contributed by atoms with Gasteiger partial charge in [0, 0.05) is 8.95 Å². The van der Waals surface area contributed by atoms with Crippen LogP contribution in [0.4, 0.5) is 0 Å². The largest absolute Gasteiger partial charge is 0.497 e. The first kappa shape index (κ1) is 15.1. The predicted octanol–water partition coefficient (Wildman–Crippen LogP) is 4.92. The third-order valence-electron chi connectivity index (χ3n) is 2.10. The Hall–Kier alpha value is -1.00. The molecule has 2 nitrogen and oxygen atoms in total. The summed E-state index contributed by atoms with van der Waals surface area (Å²) in [6.07, 6.45) is 0. The first-order valence-electron chi connectivity index (χ1n) is 5.25. The first-order valence-corrected chi connectivity index (χ1v) is 6.83. The van der Waals surface area contributed by atoms with Gasteiger partial charge < -0.3 is 9.47 Å². The van der Waals surface area contributed by atoms with E-state index in [1.165, 1.54) is 0 Å². The molecule has 0 radical (unpaired) electrons. The average Bonchev–Trinajstić information content (AvgIpc) is 2.41. The lowest BCUT2D eigenvalue weighted by Crippen LogP contribution is -1.79. The minimum atomic E-state index is 0.887. The van der Waals surface area contributed by atoms with E-state index in [1.54, 1.807) is 14.2 Å². The summed E-state index contributed by atoms with van der Waals surface area (Å²) in [6, 6.07) is 15.4. The quantitative estimate of drug-likeness (QED) is 0.744. The summed E-state index contributed by atoms with van der Waals surface area (Å²) < 4.78 is 12.0. The summed E-state index contributed by atoms with van der Waals surface area (Å²) in [5, 5.41) is 0. The third-order valence-corrected chi connectivity index (χ3v) is 3.16. The Kier molecular flexibility index (Phi) is 6.83.